The molecule has 1 aliphatic rings. The first kappa shape index (κ1) is 15.7. The van der Waals surface area contributed by atoms with Crippen LogP contribution in [0.1, 0.15) is 24.4 Å². The normalized spacial score (nSPS) is 22.2. The van der Waals surface area contributed by atoms with E-state index in [4.69, 9.17) is 17.3 Å². The van der Waals surface area contributed by atoms with Gasteiger partial charge in [-0.3, -0.25) is 4.90 Å². The molecule has 1 aromatic rings. The summed E-state index contributed by atoms with van der Waals surface area (Å²) >= 11 is 5.75. The van der Waals surface area contributed by atoms with E-state index in [1.165, 1.54) is 12.5 Å². The molecule has 0 radical (unpaired) electrons. The molecule has 5 heteroatoms. The van der Waals surface area contributed by atoms with E-state index in [0.29, 0.717) is 12.6 Å². The van der Waals surface area contributed by atoms with E-state index in [-0.39, 0.29) is 16.9 Å². The van der Waals surface area contributed by atoms with Crippen molar-refractivity contribution in [3.63, 3.8) is 0 Å². The van der Waals surface area contributed by atoms with E-state index in [9.17, 15) is 4.39 Å². The maximum Gasteiger partial charge on any atom is 0.142 e. The van der Waals surface area contributed by atoms with E-state index in [1.807, 2.05) is 6.07 Å². The summed E-state index contributed by atoms with van der Waals surface area (Å²) < 4.78 is 13.6. The SMILES string of the molecule is CN(C)C1CCCN(C(CN)c2ccc(Cl)c(F)c2)C1. The number of rotatable bonds is 4. The number of piperidine rings is 1. The average Bonchev–Trinajstić information content (AvgIpc) is 2.44. The molecule has 0 amide bonds. The minimum absolute atomic E-state index is 0.0597. The fraction of sp³-hybridized carbons (Fsp3) is 0.600. The number of halogens is 2. The summed E-state index contributed by atoms with van der Waals surface area (Å²) in [5.74, 6) is -0.371. The Labute approximate surface area is 125 Å². The number of hydrogen-bond acceptors (Lipinski definition) is 3. The minimum Gasteiger partial charge on any atom is -0.329 e. The van der Waals surface area contributed by atoms with Gasteiger partial charge in [0.15, 0.2) is 0 Å². The Hall–Kier alpha value is -0.680. The van der Waals surface area contributed by atoms with Crippen molar-refractivity contribution in [2.75, 3.05) is 33.7 Å². The van der Waals surface area contributed by atoms with Crippen LogP contribution in [0, 0.1) is 5.82 Å². The van der Waals surface area contributed by atoms with E-state index < -0.39 is 0 Å². The molecule has 2 atom stereocenters. The van der Waals surface area contributed by atoms with Gasteiger partial charge in [0, 0.05) is 25.2 Å². The summed E-state index contributed by atoms with van der Waals surface area (Å²) in [6.07, 6.45) is 2.35. The number of likely N-dealkylation sites (tertiary alicyclic amines) is 1. The molecule has 0 bridgehead atoms. The summed E-state index contributed by atoms with van der Waals surface area (Å²) in [6.45, 7) is 2.47. The van der Waals surface area contributed by atoms with Crippen LogP contribution in [0.2, 0.25) is 5.02 Å². The monoisotopic (exact) mass is 299 g/mol. The predicted molar refractivity (Wildman–Crippen MR) is 81.5 cm³/mol. The molecular formula is C15H23ClFN3. The van der Waals surface area contributed by atoms with Gasteiger partial charge in [0.25, 0.3) is 0 Å². The molecule has 0 spiro atoms. The number of nitrogens with two attached hydrogens (primary N) is 1. The van der Waals surface area contributed by atoms with Gasteiger partial charge >= 0.3 is 0 Å². The molecule has 3 nitrogen and oxygen atoms in total. The first-order valence-corrected chi connectivity index (χ1v) is 7.46. The summed E-state index contributed by atoms with van der Waals surface area (Å²) in [5.41, 5.74) is 6.85. The lowest BCUT2D eigenvalue weighted by Crippen LogP contribution is -2.47. The van der Waals surface area contributed by atoms with Crippen molar-refractivity contribution in [2.24, 2.45) is 5.73 Å². The number of nitrogens with zero attached hydrogens (tertiary/aromatic N) is 2. The molecule has 0 aromatic heterocycles. The van der Waals surface area contributed by atoms with Gasteiger partial charge in [-0.2, -0.15) is 0 Å². The van der Waals surface area contributed by atoms with Crippen molar-refractivity contribution < 1.29 is 4.39 Å². The van der Waals surface area contributed by atoms with Crippen molar-refractivity contribution in [1.29, 1.82) is 0 Å². The van der Waals surface area contributed by atoms with Crippen LogP contribution in [0.25, 0.3) is 0 Å². The van der Waals surface area contributed by atoms with E-state index in [0.717, 1.165) is 25.1 Å². The largest absolute Gasteiger partial charge is 0.329 e. The maximum atomic E-state index is 13.6. The molecule has 2 unspecified atom stereocenters. The lowest BCUT2D eigenvalue weighted by Gasteiger charge is -2.40. The molecule has 1 fully saturated rings. The average molecular weight is 300 g/mol. The van der Waals surface area contributed by atoms with Crippen LogP contribution in [0.4, 0.5) is 4.39 Å². The van der Waals surface area contributed by atoms with Crippen LogP contribution in [-0.4, -0.2) is 49.6 Å². The summed E-state index contributed by atoms with van der Waals surface area (Å²) in [5, 5.41) is 0.161. The Morgan fingerprint density at radius 3 is 2.85 bits per heavy atom. The lowest BCUT2D eigenvalue weighted by atomic mass is 9.99. The summed E-state index contributed by atoms with van der Waals surface area (Å²) in [6, 6.07) is 5.60. The van der Waals surface area contributed by atoms with Crippen LogP contribution in [0.5, 0.6) is 0 Å². The van der Waals surface area contributed by atoms with Crippen LogP contribution >= 0.6 is 11.6 Å². The number of benzene rings is 1. The Kier molecular flexibility index (Phi) is 5.38. The Balaban J connectivity index is 2.16. The third-order valence-electron chi connectivity index (χ3n) is 4.15. The van der Waals surface area contributed by atoms with E-state index in [2.05, 4.69) is 23.9 Å². The molecule has 1 aromatic carbocycles. The summed E-state index contributed by atoms with van der Waals surface area (Å²) in [7, 11) is 4.21. The predicted octanol–water partition coefficient (Wildman–Crippen LogP) is 2.50. The van der Waals surface area contributed by atoms with E-state index >= 15 is 0 Å². The highest BCUT2D eigenvalue weighted by Crippen LogP contribution is 2.27. The molecule has 20 heavy (non-hydrogen) atoms. The molecule has 0 saturated carbocycles. The quantitative estimate of drug-likeness (QED) is 0.927. The molecule has 1 heterocycles. The van der Waals surface area contributed by atoms with Gasteiger partial charge in [-0.1, -0.05) is 17.7 Å². The fourth-order valence-electron chi connectivity index (χ4n) is 2.90. The molecule has 1 saturated heterocycles. The smallest absolute Gasteiger partial charge is 0.142 e. The second-order valence-electron chi connectivity index (χ2n) is 5.68. The van der Waals surface area contributed by atoms with Crippen molar-refractivity contribution in [2.45, 2.75) is 24.9 Å². The fourth-order valence-corrected chi connectivity index (χ4v) is 3.02. The van der Waals surface area contributed by atoms with Gasteiger partial charge < -0.3 is 10.6 Å². The van der Waals surface area contributed by atoms with Crippen molar-refractivity contribution in [3.8, 4) is 0 Å². The third kappa shape index (κ3) is 3.50. The third-order valence-corrected chi connectivity index (χ3v) is 4.46. The highest BCUT2D eigenvalue weighted by Gasteiger charge is 2.27. The van der Waals surface area contributed by atoms with Crippen LogP contribution < -0.4 is 5.73 Å². The molecular weight excluding hydrogens is 277 g/mol. The minimum atomic E-state index is -0.371. The lowest BCUT2D eigenvalue weighted by molar-refractivity contribution is 0.0983. The highest BCUT2D eigenvalue weighted by atomic mass is 35.5. The van der Waals surface area contributed by atoms with E-state index in [1.54, 1.807) is 6.07 Å². The van der Waals surface area contributed by atoms with Gasteiger partial charge in [-0.25, -0.2) is 4.39 Å². The molecule has 112 valence electrons. The van der Waals surface area contributed by atoms with Crippen molar-refractivity contribution >= 4 is 11.6 Å². The second kappa shape index (κ2) is 6.85. The second-order valence-corrected chi connectivity index (χ2v) is 6.09. The Bertz CT molecular complexity index is 453. The first-order chi connectivity index (χ1) is 9.52. The molecule has 0 aliphatic carbocycles. The molecule has 1 aliphatic heterocycles. The maximum absolute atomic E-state index is 13.6. The topological polar surface area (TPSA) is 32.5 Å². The Morgan fingerprint density at radius 2 is 2.25 bits per heavy atom. The van der Waals surface area contributed by atoms with Gasteiger partial charge in [0.1, 0.15) is 5.82 Å². The standard InChI is InChI=1S/C15H23ClFN3/c1-19(2)12-4-3-7-20(10-12)15(9-18)11-5-6-13(16)14(17)8-11/h5-6,8,12,15H,3-4,7,9-10,18H2,1-2H3. The molecule has 2 rings (SSSR count). The Morgan fingerprint density at radius 1 is 1.50 bits per heavy atom. The van der Waals surface area contributed by atoms with Gasteiger partial charge in [-0.05, 0) is 51.2 Å². The number of likely N-dealkylation sites (N-methyl/N-ethyl adjacent to an activating group) is 1. The zero-order chi connectivity index (χ0) is 14.7. The van der Waals surface area contributed by atoms with Crippen LogP contribution in [0.3, 0.4) is 0 Å². The van der Waals surface area contributed by atoms with Gasteiger partial charge in [0.2, 0.25) is 0 Å². The van der Waals surface area contributed by atoms with Gasteiger partial charge in [-0.15, -0.1) is 0 Å². The van der Waals surface area contributed by atoms with Crippen molar-refractivity contribution in [1.82, 2.24) is 9.80 Å². The zero-order valence-corrected chi connectivity index (χ0v) is 12.9. The van der Waals surface area contributed by atoms with Crippen LogP contribution in [-0.2, 0) is 0 Å². The summed E-state index contributed by atoms with van der Waals surface area (Å²) in [4.78, 5) is 4.61. The van der Waals surface area contributed by atoms with Crippen LogP contribution in [0.15, 0.2) is 18.2 Å². The molecule has 2 N–H and O–H groups in total. The van der Waals surface area contributed by atoms with Gasteiger partial charge in [0.05, 0.1) is 5.02 Å². The first-order valence-electron chi connectivity index (χ1n) is 7.08. The zero-order valence-electron chi connectivity index (χ0n) is 12.1. The highest BCUT2D eigenvalue weighted by molar-refractivity contribution is 6.30. The van der Waals surface area contributed by atoms with Crippen molar-refractivity contribution in [3.05, 3.63) is 34.6 Å². The number of hydrogen-bond donors (Lipinski definition) is 1.